The number of rotatable bonds is 7. The first-order chi connectivity index (χ1) is 7.38. The molecule has 0 aliphatic carbocycles. The SMILES string of the molecule is CCOCCOc1cnccc1CNC. The second kappa shape index (κ2) is 7.20. The van der Waals surface area contributed by atoms with E-state index in [1.165, 1.54) is 0 Å². The number of hydrogen-bond acceptors (Lipinski definition) is 4. The smallest absolute Gasteiger partial charge is 0.142 e. The van der Waals surface area contributed by atoms with Gasteiger partial charge in [0.25, 0.3) is 0 Å². The van der Waals surface area contributed by atoms with Crippen LogP contribution in [0.5, 0.6) is 5.75 Å². The van der Waals surface area contributed by atoms with Crippen LogP contribution in [-0.2, 0) is 11.3 Å². The third kappa shape index (κ3) is 4.27. The Morgan fingerprint density at radius 1 is 1.40 bits per heavy atom. The van der Waals surface area contributed by atoms with Crippen molar-refractivity contribution in [2.75, 3.05) is 26.9 Å². The van der Waals surface area contributed by atoms with Gasteiger partial charge in [-0.25, -0.2) is 0 Å². The minimum absolute atomic E-state index is 0.566. The molecule has 1 rings (SSSR count). The average molecular weight is 210 g/mol. The van der Waals surface area contributed by atoms with Gasteiger partial charge in [0.2, 0.25) is 0 Å². The van der Waals surface area contributed by atoms with Gasteiger partial charge >= 0.3 is 0 Å². The van der Waals surface area contributed by atoms with Crippen molar-refractivity contribution in [3.05, 3.63) is 24.0 Å². The van der Waals surface area contributed by atoms with E-state index in [1.54, 1.807) is 12.4 Å². The Kier molecular flexibility index (Phi) is 5.73. The van der Waals surface area contributed by atoms with Crippen molar-refractivity contribution in [2.24, 2.45) is 0 Å². The standard InChI is InChI=1S/C11H18N2O2/c1-3-14-6-7-15-11-9-13-5-4-10(11)8-12-2/h4-5,9,12H,3,6-8H2,1-2H3. The maximum atomic E-state index is 5.56. The largest absolute Gasteiger partial charge is 0.489 e. The Morgan fingerprint density at radius 2 is 2.27 bits per heavy atom. The van der Waals surface area contributed by atoms with Gasteiger partial charge in [-0.1, -0.05) is 0 Å². The summed E-state index contributed by atoms with van der Waals surface area (Å²) in [5.41, 5.74) is 1.11. The van der Waals surface area contributed by atoms with Gasteiger partial charge in [0, 0.05) is 24.9 Å². The molecule has 0 aliphatic rings. The Morgan fingerprint density at radius 3 is 3.00 bits per heavy atom. The summed E-state index contributed by atoms with van der Waals surface area (Å²) in [5.74, 6) is 0.826. The third-order valence-electron chi connectivity index (χ3n) is 1.93. The molecule has 0 aromatic carbocycles. The molecule has 0 radical (unpaired) electrons. The fraction of sp³-hybridized carbons (Fsp3) is 0.545. The van der Waals surface area contributed by atoms with E-state index in [9.17, 15) is 0 Å². The van der Waals surface area contributed by atoms with E-state index in [0.29, 0.717) is 13.2 Å². The highest BCUT2D eigenvalue weighted by Gasteiger charge is 2.01. The molecule has 4 heteroatoms. The van der Waals surface area contributed by atoms with E-state index in [0.717, 1.165) is 24.5 Å². The predicted molar refractivity (Wildman–Crippen MR) is 59.0 cm³/mol. The lowest BCUT2D eigenvalue weighted by Gasteiger charge is -2.10. The van der Waals surface area contributed by atoms with Crippen molar-refractivity contribution >= 4 is 0 Å². The molecule has 0 spiro atoms. The maximum Gasteiger partial charge on any atom is 0.142 e. The van der Waals surface area contributed by atoms with Gasteiger partial charge in [-0.3, -0.25) is 4.98 Å². The van der Waals surface area contributed by atoms with Gasteiger partial charge in [-0.2, -0.15) is 0 Å². The van der Waals surface area contributed by atoms with Crippen LogP contribution in [0.4, 0.5) is 0 Å². The van der Waals surface area contributed by atoms with Crippen LogP contribution >= 0.6 is 0 Å². The molecule has 0 unspecified atom stereocenters. The van der Waals surface area contributed by atoms with Crippen molar-refractivity contribution in [2.45, 2.75) is 13.5 Å². The molecule has 1 aromatic heterocycles. The molecule has 15 heavy (non-hydrogen) atoms. The summed E-state index contributed by atoms with van der Waals surface area (Å²) in [6, 6.07) is 1.95. The van der Waals surface area contributed by atoms with E-state index in [4.69, 9.17) is 9.47 Å². The number of aromatic nitrogens is 1. The van der Waals surface area contributed by atoms with Gasteiger partial charge < -0.3 is 14.8 Å². The minimum atomic E-state index is 0.566. The normalized spacial score (nSPS) is 10.3. The van der Waals surface area contributed by atoms with Gasteiger partial charge in [0.1, 0.15) is 12.4 Å². The van der Waals surface area contributed by atoms with E-state index in [-0.39, 0.29) is 0 Å². The fourth-order valence-electron chi connectivity index (χ4n) is 1.23. The summed E-state index contributed by atoms with van der Waals surface area (Å²) in [6.07, 6.45) is 3.50. The van der Waals surface area contributed by atoms with Crippen LogP contribution in [0.2, 0.25) is 0 Å². The van der Waals surface area contributed by atoms with Crippen LogP contribution < -0.4 is 10.1 Å². The molecule has 0 bridgehead atoms. The molecule has 0 fully saturated rings. The predicted octanol–water partition coefficient (Wildman–Crippen LogP) is 1.22. The minimum Gasteiger partial charge on any atom is -0.489 e. The van der Waals surface area contributed by atoms with Crippen molar-refractivity contribution in [3.8, 4) is 5.75 Å². The topological polar surface area (TPSA) is 43.4 Å². The Balaban J connectivity index is 2.44. The zero-order chi connectivity index (χ0) is 10.9. The highest BCUT2D eigenvalue weighted by molar-refractivity contribution is 5.29. The molecule has 1 N–H and O–H groups in total. The lowest BCUT2D eigenvalue weighted by atomic mass is 10.2. The van der Waals surface area contributed by atoms with Crippen molar-refractivity contribution in [3.63, 3.8) is 0 Å². The van der Waals surface area contributed by atoms with Gasteiger partial charge in [0.15, 0.2) is 0 Å². The van der Waals surface area contributed by atoms with Crippen LogP contribution in [0.25, 0.3) is 0 Å². The number of pyridine rings is 1. The van der Waals surface area contributed by atoms with Gasteiger partial charge in [-0.15, -0.1) is 0 Å². The number of hydrogen-bond donors (Lipinski definition) is 1. The molecule has 0 atom stereocenters. The van der Waals surface area contributed by atoms with Crippen molar-refractivity contribution < 1.29 is 9.47 Å². The molecule has 0 saturated carbocycles. The Hall–Kier alpha value is -1.13. The summed E-state index contributed by atoms with van der Waals surface area (Å²) in [4.78, 5) is 4.03. The van der Waals surface area contributed by atoms with Gasteiger partial charge in [0.05, 0.1) is 12.8 Å². The molecule has 1 aromatic rings. The first-order valence-corrected chi connectivity index (χ1v) is 5.16. The quantitative estimate of drug-likeness (QED) is 0.687. The monoisotopic (exact) mass is 210 g/mol. The fourth-order valence-corrected chi connectivity index (χ4v) is 1.23. The maximum absolute atomic E-state index is 5.56. The molecule has 0 aliphatic heterocycles. The summed E-state index contributed by atoms with van der Waals surface area (Å²) < 4.78 is 10.8. The number of ether oxygens (including phenoxy) is 2. The average Bonchev–Trinajstić information content (AvgIpc) is 2.27. The Labute approximate surface area is 90.6 Å². The lowest BCUT2D eigenvalue weighted by molar-refractivity contribution is 0.109. The van der Waals surface area contributed by atoms with Crippen molar-refractivity contribution in [1.82, 2.24) is 10.3 Å². The third-order valence-corrected chi connectivity index (χ3v) is 1.93. The summed E-state index contributed by atoms with van der Waals surface area (Å²) in [6.45, 7) is 4.66. The second-order valence-corrected chi connectivity index (χ2v) is 3.06. The highest BCUT2D eigenvalue weighted by atomic mass is 16.5. The van der Waals surface area contributed by atoms with E-state index < -0.39 is 0 Å². The van der Waals surface area contributed by atoms with Crippen LogP contribution in [-0.4, -0.2) is 31.9 Å². The zero-order valence-electron chi connectivity index (χ0n) is 9.32. The first kappa shape index (κ1) is 11.9. The first-order valence-electron chi connectivity index (χ1n) is 5.16. The number of nitrogens with one attached hydrogen (secondary N) is 1. The molecule has 1 heterocycles. The molecule has 84 valence electrons. The molecule has 4 nitrogen and oxygen atoms in total. The summed E-state index contributed by atoms with van der Waals surface area (Å²) in [5, 5.41) is 3.09. The lowest BCUT2D eigenvalue weighted by Crippen LogP contribution is -2.11. The van der Waals surface area contributed by atoms with Crippen LogP contribution in [0.15, 0.2) is 18.5 Å². The molecule has 0 amide bonds. The van der Waals surface area contributed by atoms with Gasteiger partial charge in [-0.05, 0) is 20.0 Å². The van der Waals surface area contributed by atoms with E-state index in [2.05, 4.69) is 10.3 Å². The number of nitrogens with zero attached hydrogens (tertiary/aromatic N) is 1. The zero-order valence-corrected chi connectivity index (χ0v) is 9.32. The molecule has 0 saturated heterocycles. The van der Waals surface area contributed by atoms with E-state index >= 15 is 0 Å². The summed E-state index contributed by atoms with van der Waals surface area (Å²) >= 11 is 0. The molecular weight excluding hydrogens is 192 g/mol. The van der Waals surface area contributed by atoms with Crippen LogP contribution in [0.3, 0.4) is 0 Å². The van der Waals surface area contributed by atoms with Crippen LogP contribution in [0, 0.1) is 0 Å². The second-order valence-electron chi connectivity index (χ2n) is 3.06. The van der Waals surface area contributed by atoms with Crippen molar-refractivity contribution in [1.29, 1.82) is 0 Å². The highest BCUT2D eigenvalue weighted by Crippen LogP contribution is 2.15. The van der Waals surface area contributed by atoms with Crippen LogP contribution in [0.1, 0.15) is 12.5 Å². The Bertz CT molecular complexity index is 279. The summed E-state index contributed by atoms with van der Waals surface area (Å²) in [7, 11) is 1.91. The molecular formula is C11H18N2O2. The van der Waals surface area contributed by atoms with E-state index in [1.807, 2.05) is 20.0 Å².